The Bertz CT molecular complexity index is 820. The second kappa shape index (κ2) is 8.19. The Labute approximate surface area is 146 Å². The number of hydrogen-bond acceptors (Lipinski definition) is 5. The standard InChI is InChI=1S/C19H20FN5/c1-2-15-5-3-4-6-17(15)23-19-24-18(13-22-25-19)21-12-11-14-7-9-16(20)10-8-14/h3-10,13H,2,11-12H2,1H3,(H2,21,23,24,25). The molecule has 0 saturated carbocycles. The quantitative estimate of drug-likeness (QED) is 0.683. The minimum absolute atomic E-state index is 0.222. The number of nitrogens with zero attached hydrogens (tertiary/aromatic N) is 3. The molecule has 25 heavy (non-hydrogen) atoms. The summed E-state index contributed by atoms with van der Waals surface area (Å²) in [6.07, 6.45) is 3.28. The van der Waals surface area contributed by atoms with E-state index in [0.29, 0.717) is 18.3 Å². The monoisotopic (exact) mass is 337 g/mol. The Hall–Kier alpha value is -3.02. The third-order valence-electron chi connectivity index (χ3n) is 3.84. The number of hydrogen-bond donors (Lipinski definition) is 2. The van der Waals surface area contributed by atoms with Gasteiger partial charge in [0, 0.05) is 12.2 Å². The Kier molecular flexibility index (Phi) is 5.51. The summed E-state index contributed by atoms with van der Waals surface area (Å²) in [7, 11) is 0. The molecule has 0 fully saturated rings. The first-order valence-electron chi connectivity index (χ1n) is 8.27. The molecule has 0 saturated heterocycles. The molecule has 3 aromatic rings. The molecular formula is C19H20FN5. The molecule has 2 aromatic carbocycles. The summed E-state index contributed by atoms with van der Waals surface area (Å²) < 4.78 is 12.9. The molecule has 0 radical (unpaired) electrons. The van der Waals surface area contributed by atoms with E-state index in [1.54, 1.807) is 18.3 Å². The van der Waals surface area contributed by atoms with Crippen LogP contribution in [0.3, 0.4) is 0 Å². The summed E-state index contributed by atoms with van der Waals surface area (Å²) >= 11 is 0. The van der Waals surface area contributed by atoms with Crippen molar-refractivity contribution in [3.8, 4) is 0 Å². The zero-order valence-electron chi connectivity index (χ0n) is 14.0. The number of para-hydroxylation sites is 1. The van der Waals surface area contributed by atoms with E-state index in [4.69, 9.17) is 0 Å². The molecule has 1 aromatic heterocycles. The van der Waals surface area contributed by atoms with Crippen molar-refractivity contribution in [1.29, 1.82) is 0 Å². The molecule has 2 N–H and O–H groups in total. The van der Waals surface area contributed by atoms with Crippen LogP contribution in [-0.2, 0) is 12.8 Å². The third kappa shape index (κ3) is 4.73. The van der Waals surface area contributed by atoms with Gasteiger partial charge >= 0.3 is 0 Å². The Morgan fingerprint density at radius 1 is 1.04 bits per heavy atom. The van der Waals surface area contributed by atoms with Gasteiger partial charge in [-0.1, -0.05) is 37.3 Å². The van der Waals surface area contributed by atoms with Crippen LogP contribution in [-0.4, -0.2) is 21.7 Å². The number of rotatable bonds is 7. The highest BCUT2D eigenvalue weighted by Gasteiger charge is 2.04. The van der Waals surface area contributed by atoms with Crippen LogP contribution < -0.4 is 10.6 Å². The fourth-order valence-electron chi connectivity index (χ4n) is 2.50. The molecule has 0 aliphatic rings. The number of aromatic nitrogens is 3. The largest absolute Gasteiger partial charge is 0.368 e. The minimum atomic E-state index is -0.222. The molecule has 0 aliphatic heterocycles. The maximum Gasteiger partial charge on any atom is 0.249 e. The van der Waals surface area contributed by atoms with Gasteiger partial charge in [-0.25, -0.2) is 4.39 Å². The zero-order chi connectivity index (χ0) is 17.5. The molecular weight excluding hydrogens is 317 g/mol. The number of benzene rings is 2. The predicted octanol–water partition coefficient (Wildman–Crippen LogP) is 3.97. The van der Waals surface area contributed by atoms with Crippen molar-refractivity contribution in [1.82, 2.24) is 15.2 Å². The van der Waals surface area contributed by atoms with Crippen LogP contribution in [0.25, 0.3) is 0 Å². The highest BCUT2D eigenvalue weighted by molar-refractivity contribution is 5.58. The average Bonchev–Trinajstić information content (AvgIpc) is 2.64. The summed E-state index contributed by atoms with van der Waals surface area (Å²) in [4.78, 5) is 4.43. The molecule has 5 nitrogen and oxygen atoms in total. The first-order valence-corrected chi connectivity index (χ1v) is 8.27. The summed E-state index contributed by atoms with van der Waals surface area (Å²) in [5.41, 5.74) is 3.24. The topological polar surface area (TPSA) is 62.7 Å². The van der Waals surface area contributed by atoms with Gasteiger partial charge in [0.05, 0.1) is 6.20 Å². The lowest BCUT2D eigenvalue weighted by Crippen LogP contribution is -2.09. The lowest BCUT2D eigenvalue weighted by molar-refractivity contribution is 0.627. The van der Waals surface area contributed by atoms with Crippen LogP contribution in [0, 0.1) is 5.82 Å². The van der Waals surface area contributed by atoms with E-state index in [1.807, 2.05) is 18.2 Å². The van der Waals surface area contributed by atoms with Gasteiger partial charge in [0.15, 0.2) is 5.82 Å². The number of nitrogens with one attached hydrogen (secondary N) is 2. The molecule has 0 aliphatic carbocycles. The van der Waals surface area contributed by atoms with Crippen molar-refractivity contribution < 1.29 is 4.39 Å². The third-order valence-corrected chi connectivity index (χ3v) is 3.84. The Morgan fingerprint density at radius 3 is 2.64 bits per heavy atom. The van der Waals surface area contributed by atoms with Crippen molar-refractivity contribution in [3.05, 3.63) is 71.7 Å². The molecule has 0 spiro atoms. The second-order valence-corrected chi connectivity index (χ2v) is 5.60. The van der Waals surface area contributed by atoms with E-state index in [1.165, 1.54) is 17.7 Å². The van der Waals surface area contributed by atoms with Crippen LogP contribution in [0.15, 0.2) is 54.7 Å². The molecule has 6 heteroatoms. The molecule has 0 atom stereocenters. The maximum absolute atomic E-state index is 12.9. The van der Waals surface area contributed by atoms with Crippen LogP contribution >= 0.6 is 0 Å². The minimum Gasteiger partial charge on any atom is -0.368 e. The van der Waals surface area contributed by atoms with Crippen molar-refractivity contribution in [3.63, 3.8) is 0 Å². The molecule has 1 heterocycles. The van der Waals surface area contributed by atoms with Gasteiger partial charge < -0.3 is 10.6 Å². The van der Waals surface area contributed by atoms with Crippen LogP contribution in [0.1, 0.15) is 18.1 Å². The maximum atomic E-state index is 12.9. The first-order chi connectivity index (χ1) is 12.2. The van der Waals surface area contributed by atoms with E-state index in [9.17, 15) is 4.39 Å². The highest BCUT2D eigenvalue weighted by atomic mass is 19.1. The number of halogens is 1. The van der Waals surface area contributed by atoms with Gasteiger partial charge in [-0.2, -0.15) is 10.1 Å². The van der Waals surface area contributed by atoms with E-state index < -0.39 is 0 Å². The van der Waals surface area contributed by atoms with Crippen molar-refractivity contribution in [2.75, 3.05) is 17.2 Å². The average molecular weight is 337 g/mol. The lowest BCUT2D eigenvalue weighted by Gasteiger charge is -2.10. The summed E-state index contributed by atoms with van der Waals surface area (Å²) in [6.45, 7) is 2.78. The highest BCUT2D eigenvalue weighted by Crippen LogP contribution is 2.19. The molecule has 0 bridgehead atoms. The van der Waals surface area contributed by atoms with Crippen molar-refractivity contribution in [2.24, 2.45) is 0 Å². The van der Waals surface area contributed by atoms with Gasteiger partial charge in [0.25, 0.3) is 0 Å². The fourth-order valence-corrected chi connectivity index (χ4v) is 2.50. The Balaban J connectivity index is 1.60. The van der Waals surface area contributed by atoms with Gasteiger partial charge in [-0.05, 0) is 42.2 Å². The molecule has 128 valence electrons. The number of anilines is 3. The van der Waals surface area contributed by atoms with Crippen LogP contribution in [0.2, 0.25) is 0 Å². The first kappa shape index (κ1) is 16.8. The second-order valence-electron chi connectivity index (χ2n) is 5.60. The van der Waals surface area contributed by atoms with Crippen molar-refractivity contribution in [2.45, 2.75) is 19.8 Å². The normalized spacial score (nSPS) is 10.5. The number of aryl methyl sites for hydroxylation is 1. The SMILES string of the molecule is CCc1ccccc1Nc1nncc(NCCc2ccc(F)cc2)n1. The summed E-state index contributed by atoms with van der Waals surface area (Å²) in [5.74, 6) is 0.876. The van der Waals surface area contributed by atoms with Gasteiger partial charge in [-0.15, -0.1) is 5.10 Å². The molecule has 0 unspecified atom stereocenters. The summed E-state index contributed by atoms with van der Waals surface area (Å²) in [5, 5.41) is 14.4. The predicted molar refractivity (Wildman–Crippen MR) is 97.5 cm³/mol. The van der Waals surface area contributed by atoms with E-state index >= 15 is 0 Å². The zero-order valence-corrected chi connectivity index (χ0v) is 14.0. The van der Waals surface area contributed by atoms with E-state index in [-0.39, 0.29) is 5.82 Å². The lowest BCUT2D eigenvalue weighted by atomic mass is 10.1. The molecule has 3 rings (SSSR count). The molecule has 0 amide bonds. The van der Waals surface area contributed by atoms with Crippen molar-refractivity contribution >= 4 is 17.5 Å². The summed E-state index contributed by atoms with van der Waals surface area (Å²) in [6, 6.07) is 14.5. The smallest absolute Gasteiger partial charge is 0.249 e. The van der Waals surface area contributed by atoms with Gasteiger partial charge in [0.2, 0.25) is 5.95 Å². The van der Waals surface area contributed by atoms with E-state index in [0.717, 1.165) is 24.1 Å². The van der Waals surface area contributed by atoms with E-state index in [2.05, 4.69) is 38.8 Å². The van der Waals surface area contributed by atoms with Crippen LogP contribution in [0.4, 0.5) is 21.8 Å². The van der Waals surface area contributed by atoms with Gasteiger partial charge in [-0.3, -0.25) is 0 Å². The Morgan fingerprint density at radius 2 is 1.84 bits per heavy atom. The van der Waals surface area contributed by atoms with Gasteiger partial charge in [0.1, 0.15) is 5.82 Å². The van der Waals surface area contributed by atoms with Crippen LogP contribution in [0.5, 0.6) is 0 Å². The fraction of sp³-hybridized carbons (Fsp3) is 0.211.